The van der Waals surface area contributed by atoms with E-state index in [2.05, 4.69) is 0 Å². The molecule has 2 aliphatic rings. The molecule has 0 bridgehead atoms. The minimum Gasteiger partial charge on any atom is -0.383 e. The van der Waals surface area contributed by atoms with Crippen LogP contribution in [-0.4, -0.2) is 44.7 Å². The molecule has 1 aromatic rings. The Hall–Kier alpha value is -1.60. The third-order valence-corrected chi connectivity index (χ3v) is 5.75. The summed E-state index contributed by atoms with van der Waals surface area (Å²) in [5, 5.41) is 0. The lowest BCUT2D eigenvalue weighted by Gasteiger charge is -2.31. The largest absolute Gasteiger partial charge is 0.383 e. The topological polar surface area (TPSA) is 72.9 Å². The number of amides is 1. The van der Waals surface area contributed by atoms with Crippen LogP contribution < -0.4 is 4.18 Å². The van der Waals surface area contributed by atoms with Gasteiger partial charge in [0.15, 0.2) is 0 Å². The van der Waals surface area contributed by atoms with Crippen molar-refractivity contribution in [2.45, 2.75) is 57.6 Å². The summed E-state index contributed by atoms with van der Waals surface area (Å²) in [5.41, 5.74) is 0.956. The molecular formula is C20H29NO5S. The molecule has 1 aliphatic carbocycles. The summed E-state index contributed by atoms with van der Waals surface area (Å²) >= 11 is 0. The van der Waals surface area contributed by atoms with Crippen molar-refractivity contribution in [2.24, 2.45) is 5.92 Å². The third-order valence-electron chi connectivity index (χ3n) is 5.26. The highest BCUT2D eigenvalue weighted by molar-refractivity contribution is 7.86. The van der Waals surface area contributed by atoms with Gasteiger partial charge in [-0.25, -0.2) is 0 Å². The van der Waals surface area contributed by atoms with Gasteiger partial charge in [-0.1, -0.05) is 31.4 Å². The molecule has 0 N–H and O–H groups in total. The lowest BCUT2D eigenvalue weighted by molar-refractivity contribution is -0.138. The smallest absolute Gasteiger partial charge is 0.306 e. The average Bonchev–Trinajstić information content (AvgIpc) is 3.15. The van der Waals surface area contributed by atoms with E-state index >= 15 is 0 Å². The Bertz CT molecular complexity index is 719. The molecule has 1 saturated heterocycles. The minimum atomic E-state index is -3.54. The number of hydrogen-bond acceptors (Lipinski definition) is 5. The summed E-state index contributed by atoms with van der Waals surface area (Å²) in [7, 11) is -3.54. The monoisotopic (exact) mass is 395 g/mol. The van der Waals surface area contributed by atoms with Gasteiger partial charge in [-0.05, 0) is 43.4 Å². The van der Waals surface area contributed by atoms with Crippen molar-refractivity contribution < 1.29 is 22.1 Å². The van der Waals surface area contributed by atoms with Crippen molar-refractivity contribution >= 4 is 16.0 Å². The van der Waals surface area contributed by atoms with Gasteiger partial charge in [0, 0.05) is 25.6 Å². The molecular weight excluding hydrogens is 366 g/mol. The predicted octanol–water partition coefficient (Wildman–Crippen LogP) is 3.11. The molecule has 7 heteroatoms. The summed E-state index contributed by atoms with van der Waals surface area (Å²) in [5.74, 6) is 0.625. The van der Waals surface area contributed by atoms with Crippen molar-refractivity contribution in [1.82, 2.24) is 4.90 Å². The fraction of sp³-hybridized carbons (Fsp3) is 0.650. The Morgan fingerprint density at radius 3 is 2.41 bits per heavy atom. The van der Waals surface area contributed by atoms with Crippen molar-refractivity contribution in [2.75, 3.05) is 19.4 Å². The first kappa shape index (κ1) is 20.1. The van der Waals surface area contributed by atoms with Crippen molar-refractivity contribution in [3.63, 3.8) is 0 Å². The van der Waals surface area contributed by atoms with E-state index in [0.717, 1.165) is 57.0 Å². The second-order valence-corrected chi connectivity index (χ2v) is 9.20. The molecule has 0 aromatic heterocycles. The number of hydrogen-bond donors (Lipinski definition) is 0. The quantitative estimate of drug-likeness (QED) is 0.663. The molecule has 0 unspecified atom stereocenters. The van der Waals surface area contributed by atoms with Crippen molar-refractivity contribution in [3.8, 4) is 5.75 Å². The van der Waals surface area contributed by atoms with E-state index in [9.17, 15) is 13.2 Å². The first-order valence-corrected chi connectivity index (χ1v) is 11.6. The van der Waals surface area contributed by atoms with E-state index in [4.69, 9.17) is 8.92 Å². The third kappa shape index (κ3) is 6.21. The number of nitrogens with zero attached hydrogens (tertiary/aromatic N) is 1. The van der Waals surface area contributed by atoms with Crippen LogP contribution in [0.5, 0.6) is 5.75 Å². The highest BCUT2D eigenvalue weighted by Gasteiger charge is 2.29. The summed E-state index contributed by atoms with van der Waals surface area (Å²) in [6.45, 7) is 1.90. The summed E-state index contributed by atoms with van der Waals surface area (Å²) in [6.07, 6.45) is 8.60. The van der Waals surface area contributed by atoms with Gasteiger partial charge in [-0.3, -0.25) is 4.79 Å². The fourth-order valence-electron chi connectivity index (χ4n) is 3.92. The van der Waals surface area contributed by atoms with Crippen molar-refractivity contribution in [3.05, 3.63) is 29.8 Å². The first-order valence-electron chi connectivity index (χ1n) is 9.79. The van der Waals surface area contributed by atoms with Crippen LogP contribution in [0, 0.1) is 5.92 Å². The van der Waals surface area contributed by atoms with Gasteiger partial charge in [0.1, 0.15) is 5.75 Å². The van der Waals surface area contributed by atoms with E-state index in [1.807, 2.05) is 17.0 Å². The Morgan fingerprint density at radius 2 is 1.81 bits per heavy atom. The van der Waals surface area contributed by atoms with Crippen LogP contribution in [0.1, 0.15) is 50.5 Å². The van der Waals surface area contributed by atoms with E-state index in [1.54, 1.807) is 12.1 Å². The number of ether oxygens (including phenoxy) is 1. The van der Waals surface area contributed by atoms with Gasteiger partial charge >= 0.3 is 10.1 Å². The molecule has 1 heterocycles. The van der Waals surface area contributed by atoms with Gasteiger partial charge < -0.3 is 13.8 Å². The standard InChI is InChI=1S/C20H29NO5S/c1-27(23,24)26-18-11-9-16(10-12-18)14-21(15-19-8-5-13-25-19)20(22)17-6-3-2-4-7-17/h9-12,17,19H,2-8,13-15H2,1H3/t19-/m1/s1. The van der Waals surface area contributed by atoms with Crippen LogP contribution in [-0.2, 0) is 26.2 Å². The predicted molar refractivity (Wildman–Crippen MR) is 103 cm³/mol. The average molecular weight is 396 g/mol. The Morgan fingerprint density at radius 1 is 1.11 bits per heavy atom. The molecule has 1 aromatic carbocycles. The van der Waals surface area contributed by atoms with E-state index in [1.165, 1.54) is 6.42 Å². The molecule has 6 nitrogen and oxygen atoms in total. The Balaban J connectivity index is 1.68. The SMILES string of the molecule is CS(=O)(=O)Oc1ccc(CN(C[C@H]2CCCO2)C(=O)C2CCCCC2)cc1. The minimum absolute atomic E-state index is 0.116. The van der Waals surface area contributed by atoms with Crippen LogP contribution in [0.25, 0.3) is 0 Å². The van der Waals surface area contributed by atoms with Crippen LogP contribution in [0.3, 0.4) is 0 Å². The van der Waals surface area contributed by atoms with Gasteiger partial charge in [0.25, 0.3) is 0 Å². The summed E-state index contributed by atoms with van der Waals surface area (Å²) in [6, 6.07) is 6.89. The fourth-order valence-corrected chi connectivity index (χ4v) is 4.38. The Labute approximate surface area is 162 Å². The molecule has 150 valence electrons. The zero-order chi connectivity index (χ0) is 19.3. The van der Waals surface area contributed by atoms with Crippen LogP contribution >= 0.6 is 0 Å². The maximum absolute atomic E-state index is 13.1. The summed E-state index contributed by atoms with van der Waals surface area (Å²) < 4.78 is 33.1. The highest BCUT2D eigenvalue weighted by atomic mass is 32.2. The molecule has 1 atom stereocenters. The normalized spacial score (nSPS) is 21.1. The van der Waals surface area contributed by atoms with E-state index < -0.39 is 10.1 Å². The van der Waals surface area contributed by atoms with Gasteiger partial charge in [-0.15, -0.1) is 0 Å². The zero-order valence-electron chi connectivity index (χ0n) is 15.9. The Kier molecular flexibility index (Phi) is 6.76. The molecule has 1 aliphatic heterocycles. The van der Waals surface area contributed by atoms with Crippen LogP contribution in [0.4, 0.5) is 0 Å². The van der Waals surface area contributed by atoms with Crippen molar-refractivity contribution in [1.29, 1.82) is 0 Å². The van der Waals surface area contributed by atoms with E-state index in [-0.39, 0.29) is 23.7 Å². The van der Waals surface area contributed by atoms with Gasteiger partial charge in [0.2, 0.25) is 5.91 Å². The van der Waals surface area contributed by atoms with E-state index in [0.29, 0.717) is 13.1 Å². The first-order chi connectivity index (χ1) is 12.9. The molecule has 27 heavy (non-hydrogen) atoms. The van der Waals surface area contributed by atoms with Crippen LogP contribution in [0.2, 0.25) is 0 Å². The number of benzene rings is 1. The van der Waals surface area contributed by atoms with Crippen LogP contribution in [0.15, 0.2) is 24.3 Å². The molecule has 3 rings (SSSR count). The highest BCUT2D eigenvalue weighted by Crippen LogP contribution is 2.27. The molecule has 2 fully saturated rings. The van der Waals surface area contributed by atoms with Gasteiger partial charge in [0.05, 0.1) is 12.4 Å². The number of rotatable bonds is 7. The summed E-state index contributed by atoms with van der Waals surface area (Å²) in [4.78, 5) is 15.0. The number of carbonyl (C=O) groups excluding carboxylic acids is 1. The lowest BCUT2D eigenvalue weighted by atomic mass is 9.88. The molecule has 0 radical (unpaired) electrons. The maximum Gasteiger partial charge on any atom is 0.306 e. The second-order valence-electron chi connectivity index (χ2n) is 7.62. The zero-order valence-corrected chi connectivity index (χ0v) is 16.7. The maximum atomic E-state index is 13.1. The number of carbonyl (C=O) groups is 1. The van der Waals surface area contributed by atoms with Gasteiger partial charge in [-0.2, -0.15) is 8.42 Å². The molecule has 1 amide bonds. The lowest BCUT2D eigenvalue weighted by Crippen LogP contribution is -2.41. The molecule has 1 saturated carbocycles. The molecule has 0 spiro atoms. The second kappa shape index (κ2) is 9.06.